The second-order valence-corrected chi connectivity index (χ2v) is 5.37. The molecule has 3 rings (SSSR count). The van der Waals surface area contributed by atoms with Gasteiger partial charge in [0, 0.05) is 10.8 Å². The Kier molecular flexibility index (Phi) is 3.42. The van der Waals surface area contributed by atoms with Crippen LogP contribution in [-0.2, 0) is 0 Å². The number of halogens is 1. The summed E-state index contributed by atoms with van der Waals surface area (Å²) in [5.41, 5.74) is 2.37. The maximum atomic E-state index is 6.31. The van der Waals surface area contributed by atoms with Crippen LogP contribution in [0.25, 0.3) is 27.7 Å². The minimum Gasteiger partial charge on any atom is -0.495 e. The van der Waals surface area contributed by atoms with Crippen LogP contribution in [0.15, 0.2) is 36.2 Å². The van der Waals surface area contributed by atoms with E-state index in [-0.39, 0.29) is 0 Å². The third-order valence-corrected chi connectivity index (χ3v) is 4.18. The predicted octanol–water partition coefficient (Wildman–Crippen LogP) is 4.66. The lowest BCUT2D eigenvalue weighted by Gasteiger charge is -2.06. The number of hydrogen-bond acceptors (Lipinski definition) is 4. The van der Waals surface area contributed by atoms with E-state index in [2.05, 4.69) is 16.5 Å². The summed E-state index contributed by atoms with van der Waals surface area (Å²) in [5, 5.41) is 4.29. The van der Waals surface area contributed by atoms with Gasteiger partial charge in [-0.3, -0.25) is 0 Å². The highest BCUT2D eigenvalue weighted by atomic mass is 35.5. The third kappa shape index (κ3) is 2.17. The molecule has 5 heteroatoms. The number of hydrogen-bond donors (Lipinski definition) is 0. The minimum atomic E-state index is 0.521. The number of fused-ring (bicyclic) bond motifs is 1. The second-order valence-electron chi connectivity index (χ2n) is 4.13. The van der Waals surface area contributed by atoms with E-state index in [1.54, 1.807) is 13.2 Å². The molecular weight excluding hydrogens is 292 g/mol. The first-order valence-electron chi connectivity index (χ1n) is 5.94. The zero-order valence-electron chi connectivity index (χ0n) is 10.8. The van der Waals surface area contributed by atoms with E-state index in [0.717, 1.165) is 27.3 Å². The molecule has 0 unspecified atom stereocenters. The summed E-state index contributed by atoms with van der Waals surface area (Å²) in [6, 6.07) is 7.70. The zero-order valence-corrected chi connectivity index (χ0v) is 12.3. The van der Waals surface area contributed by atoms with Gasteiger partial charge in [0.05, 0.1) is 24.0 Å². The highest BCUT2D eigenvalue weighted by molar-refractivity contribution is 7.13. The van der Waals surface area contributed by atoms with Crippen LogP contribution in [-0.4, -0.2) is 17.1 Å². The van der Waals surface area contributed by atoms with Gasteiger partial charge in [0.2, 0.25) is 0 Å². The van der Waals surface area contributed by atoms with Crippen molar-refractivity contribution in [3.05, 3.63) is 46.9 Å². The van der Waals surface area contributed by atoms with Crippen molar-refractivity contribution in [2.75, 3.05) is 7.11 Å². The second kappa shape index (κ2) is 5.23. The maximum Gasteiger partial charge on any atom is 0.142 e. The fourth-order valence-electron chi connectivity index (χ4n) is 1.91. The van der Waals surface area contributed by atoms with Gasteiger partial charge < -0.3 is 4.74 Å². The molecule has 0 fully saturated rings. The summed E-state index contributed by atoms with van der Waals surface area (Å²) in [4.78, 5) is 9.04. The Balaban J connectivity index is 2.18. The smallest absolute Gasteiger partial charge is 0.142 e. The fourth-order valence-corrected chi connectivity index (χ4v) is 2.98. The van der Waals surface area contributed by atoms with Crippen molar-refractivity contribution in [2.24, 2.45) is 0 Å². The molecule has 0 saturated heterocycles. The number of benzene rings is 1. The molecule has 2 heterocycles. The molecule has 3 nitrogen and oxygen atoms in total. The Labute approximate surface area is 125 Å². The normalized spacial score (nSPS) is 10.7. The molecule has 0 saturated carbocycles. The third-order valence-electron chi connectivity index (χ3n) is 2.94. The molecule has 1 aromatic carbocycles. The lowest BCUT2D eigenvalue weighted by molar-refractivity contribution is 0.415. The maximum absolute atomic E-state index is 6.31. The Morgan fingerprint density at radius 2 is 2.05 bits per heavy atom. The van der Waals surface area contributed by atoms with Crippen LogP contribution in [0.3, 0.4) is 0 Å². The van der Waals surface area contributed by atoms with Gasteiger partial charge in [-0.05, 0) is 24.3 Å². The summed E-state index contributed by atoms with van der Waals surface area (Å²) in [6.45, 7) is 3.71. The Morgan fingerprint density at radius 3 is 2.75 bits per heavy atom. The molecule has 0 aliphatic rings. The van der Waals surface area contributed by atoms with Gasteiger partial charge >= 0.3 is 0 Å². The summed E-state index contributed by atoms with van der Waals surface area (Å²) in [7, 11) is 1.59. The summed E-state index contributed by atoms with van der Waals surface area (Å²) in [6.07, 6.45) is 1.72. The predicted molar refractivity (Wildman–Crippen MR) is 84.5 cm³/mol. The SMILES string of the molecule is C=Cc1csc(-c2ccc3ccc(OC)c(Cl)c3n2)n1. The van der Waals surface area contributed by atoms with Gasteiger partial charge in [0.15, 0.2) is 0 Å². The van der Waals surface area contributed by atoms with Gasteiger partial charge in [0.25, 0.3) is 0 Å². The minimum absolute atomic E-state index is 0.521. The van der Waals surface area contributed by atoms with E-state index >= 15 is 0 Å². The Hall–Kier alpha value is -1.91. The van der Waals surface area contributed by atoms with Gasteiger partial charge in [0.1, 0.15) is 15.8 Å². The zero-order chi connectivity index (χ0) is 14.1. The van der Waals surface area contributed by atoms with Crippen molar-refractivity contribution >= 4 is 39.9 Å². The van der Waals surface area contributed by atoms with Crippen molar-refractivity contribution in [3.63, 3.8) is 0 Å². The number of methoxy groups -OCH3 is 1. The van der Waals surface area contributed by atoms with E-state index < -0.39 is 0 Å². The molecular formula is C15H11ClN2OS. The van der Waals surface area contributed by atoms with E-state index in [9.17, 15) is 0 Å². The summed E-state index contributed by atoms with van der Waals surface area (Å²) < 4.78 is 5.22. The average Bonchev–Trinajstić information content (AvgIpc) is 2.96. The number of aromatic nitrogens is 2. The van der Waals surface area contributed by atoms with Crippen LogP contribution in [0.5, 0.6) is 5.75 Å². The topological polar surface area (TPSA) is 35.0 Å². The molecule has 0 spiro atoms. The van der Waals surface area contributed by atoms with Gasteiger partial charge in [-0.2, -0.15) is 0 Å². The van der Waals surface area contributed by atoms with Crippen LogP contribution in [0.4, 0.5) is 0 Å². The van der Waals surface area contributed by atoms with Crippen molar-refractivity contribution in [1.82, 2.24) is 9.97 Å². The monoisotopic (exact) mass is 302 g/mol. The first-order chi connectivity index (χ1) is 9.72. The van der Waals surface area contributed by atoms with Crippen LogP contribution in [0.1, 0.15) is 5.69 Å². The first-order valence-corrected chi connectivity index (χ1v) is 7.20. The number of pyridine rings is 1. The number of thiazole rings is 1. The van der Waals surface area contributed by atoms with Crippen LogP contribution >= 0.6 is 22.9 Å². The van der Waals surface area contributed by atoms with Gasteiger partial charge in [-0.25, -0.2) is 9.97 Å². The molecule has 0 radical (unpaired) electrons. The standard InChI is InChI=1S/C15H11ClN2OS/c1-3-10-8-20-15(17-10)11-6-4-9-5-7-12(19-2)13(16)14(9)18-11/h3-8H,1H2,2H3. The largest absolute Gasteiger partial charge is 0.495 e. The van der Waals surface area contributed by atoms with E-state index in [1.165, 1.54) is 11.3 Å². The van der Waals surface area contributed by atoms with Gasteiger partial charge in [-0.1, -0.05) is 24.2 Å². The van der Waals surface area contributed by atoms with Crippen molar-refractivity contribution in [1.29, 1.82) is 0 Å². The van der Waals surface area contributed by atoms with Crippen molar-refractivity contribution < 1.29 is 4.74 Å². The Morgan fingerprint density at radius 1 is 1.25 bits per heavy atom. The average molecular weight is 303 g/mol. The lowest BCUT2D eigenvalue weighted by Crippen LogP contribution is -1.89. The van der Waals surface area contributed by atoms with Crippen molar-refractivity contribution in [3.8, 4) is 16.5 Å². The first kappa shape index (κ1) is 13.1. The molecule has 2 aromatic heterocycles. The van der Waals surface area contributed by atoms with Crippen molar-refractivity contribution in [2.45, 2.75) is 0 Å². The fraction of sp³-hybridized carbons (Fsp3) is 0.0667. The molecule has 100 valence electrons. The molecule has 0 aliphatic carbocycles. The lowest BCUT2D eigenvalue weighted by atomic mass is 10.2. The molecule has 20 heavy (non-hydrogen) atoms. The quantitative estimate of drug-likeness (QED) is 0.705. The van der Waals surface area contributed by atoms with E-state index in [4.69, 9.17) is 16.3 Å². The Bertz CT molecular complexity index is 798. The summed E-state index contributed by atoms with van der Waals surface area (Å²) >= 11 is 7.85. The van der Waals surface area contributed by atoms with Crippen LogP contribution < -0.4 is 4.74 Å². The molecule has 0 N–H and O–H groups in total. The molecule has 0 bridgehead atoms. The van der Waals surface area contributed by atoms with E-state index in [0.29, 0.717) is 10.8 Å². The highest BCUT2D eigenvalue weighted by Gasteiger charge is 2.10. The number of ether oxygens (including phenoxy) is 1. The van der Waals surface area contributed by atoms with Gasteiger partial charge in [-0.15, -0.1) is 11.3 Å². The van der Waals surface area contributed by atoms with Crippen LogP contribution in [0.2, 0.25) is 5.02 Å². The van der Waals surface area contributed by atoms with Crippen LogP contribution in [0, 0.1) is 0 Å². The number of nitrogens with zero attached hydrogens (tertiary/aromatic N) is 2. The molecule has 0 atom stereocenters. The molecule has 3 aromatic rings. The molecule has 0 aliphatic heterocycles. The highest BCUT2D eigenvalue weighted by Crippen LogP contribution is 2.33. The van der Waals surface area contributed by atoms with E-state index in [1.807, 2.05) is 29.6 Å². The summed E-state index contributed by atoms with van der Waals surface area (Å²) in [5.74, 6) is 0.620. The molecule has 0 amide bonds. The number of rotatable bonds is 3.